The first-order chi connectivity index (χ1) is 8.74. The smallest absolute Gasteiger partial charge is 0.162 e. The Morgan fingerprint density at radius 2 is 2.00 bits per heavy atom. The van der Waals surface area contributed by atoms with E-state index in [1.54, 1.807) is 37.1 Å². The van der Waals surface area contributed by atoms with Crippen molar-refractivity contribution in [2.75, 3.05) is 25.3 Å². The van der Waals surface area contributed by atoms with Gasteiger partial charge in [-0.1, -0.05) is 0 Å². The standard InChI is InChI=1S/C12H15N3O2S/c1-16-11-3-9(13)10(4-12(11)17-2)14-5-8-6-18-7-15-8/h3-4,6-7,14H,5,13H2,1-2H3. The molecule has 0 aliphatic heterocycles. The molecular formula is C12H15N3O2S. The predicted octanol–water partition coefficient (Wildman–Crippen LogP) is 2.35. The number of thiazole rings is 1. The van der Waals surface area contributed by atoms with Gasteiger partial charge in [-0.3, -0.25) is 0 Å². The van der Waals surface area contributed by atoms with Gasteiger partial charge in [0.05, 0.1) is 43.3 Å². The molecule has 3 N–H and O–H groups in total. The average molecular weight is 265 g/mol. The largest absolute Gasteiger partial charge is 0.493 e. The van der Waals surface area contributed by atoms with E-state index in [2.05, 4.69) is 10.3 Å². The molecule has 1 aromatic heterocycles. The summed E-state index contributed by atoms with van der Waals surface area (Å²) >= 11 is 1.57. The summed E-state index contributed by atoms with van der Waals surface area (Å²) in [6, 6.07) is 3.56. The molecule has 2 rings (SSSR count). The van der Waals surface area contributed by atoms with Crippen LogP contribution in [0.1, 0.15) is 5.69 Å². The molecular weight excluding hydrogens is 250 g/mol. The molecule has 5 nitrogen and oxygen atoms in total. The lowest BCUT2D eigenvalue weighted by Gasteiger charge is -2.13. The van der Waals surface area contributed by atoms with Crippen molar-refractivity contribution in [2.45, 2.75) is 6.54 Å². The Kier molecular flexibility index (Phi) is 3.88. The lowest BCUT2D eigenvalue weighted by molar-refractivity contribution is 0.355. The van der Waals surface area contributed by atoms with Crippen molar-refractivity contribution in [1.29, 1.82) is 0 Å². The van der Waals surface area contributed by atoms with Crippen molar-refractivity contribution in [3.8, 4) is 11.5 Å². The van der Waals surface area contributed by atoms with Gasteiger partial charge in [0, 0.05) is 17.5 Å². The second-order valence-corrected chi connectivity index (χ2v) is 4.35. The Morgan fingerprint density at radius 3 is 2.61 bits per heavy atom. The molecule has 1 heterocycles. The lowest BCUT2D eigenvalue weighted by atomic mass is 10.2. The van der Waals surface area contributed by atoms with E-state index in [0.717, 1.165) is 11.4 Å². The Bertz CT molecular complexity index is 514. The quantitative estimate of drug-likeness (QED) is 0.812. The van der Waals surface area contributed by atoms with Gasteiger partial charge in [0.1, 0.15) is 0 Å². The molecule has 0 aliphatic rings. The van der Waals surface area contributed by atoms with Crippen LogP contribution in [0.5, 0.6) is 11.5 Å². The fourth-order valence-corrected chi connectivity index (χ4v) is 2.12. The number of nitrogen functional groups attached to an aromatic ring is 1. The van der Waals surface area contributed by atoms with Gasteiger partial charge >= 0.3 is 0 Å². The molecule has 0 aliphatic carbocycles. The van der Waals surface area contributed by atoms with E-state index in [1.807, 2.05) is 11.4 Å². The van der Waals surface area contributed by atoms with Gasteiger partial charge in [0.2, 0.25) is 0 Å². The molecule has 0 atom stereocenters. The number of anilines is 2. The molecule has 0 amide bonds. The zero-order valence-corrected chi connectivity index (χ0v) is 11.1. The third-order valence-electron chi connectivity index (χ3n) is 2.50. The highest BCUT2D eigenvalue weighted by Gasteiger charge is 2.09. The van der Waals surface area contributed by atoms with Crippen molar-refractivity contribution in [3.63, 3.8) is 0 Å². The van der Waals surface area contributed by atoms with Crippen molar-refractivity contribution in [3.05, 3.63) is 28.7 Å². The average Bonchev–Trinajstić information content (AvgIpc) is 2.90. The monoisotopic (exact) mass is 265 g/mol. The number of benzene rings is 1. The van der Waals surface area contributed by atoms with E-state index in [1.165, 1.54) is 0 Å². The summed E-state index contributed by atoms with van der Waals surface area (Å²) in [6.07, 6.45) is 0. The Morgan fingerprint density at radius 1 is 1.28 bits per heavy atom. The minimum atomic E-state index is 0.614. The molecule has 0 bridgehead atoms. The summed E-state index contributed by atoms with van der Waals surface area (Å²) in [5.74, 6) is 1.27. The van der Waals surface area contributed by atoms with Crippen LogP contribution in [0.15, 0.2) is 23.0 Å². The number of rotatable bonds is 5. The van der Waals surface area contributed by atoms with E-state index in [9.17, 15) is 0 Å². The van der Waals surface area contributed by atoms with Crippen LogP contribution in [0, 0.1) is 0 Å². The summed E-state index contributed by atoms with van der Waals surface area (Å²) in [4.78, 5) is 4.20. The maximum atomic E-state index is 5.94. The van der Waals surface area contributed by atoms with E-state index < -0.39 is 0 Å². The van der Waals surface area contributed by atoms with Gasteiger partial charge < -0.3 is 20.5 Å². The maximum absolute atomic E-state index is 5.94. The summed E-state index contributed by atoms with van der Waals surface area (Å²) in [7, 11) is 3.18. The summed E-state index contributed by atoms with van der Waals surface area (Å²) in [6.45, 7) is 0.628. The van der Waals surface area contributed by atoms with E-state index in [0.29, 0.717) is 23.7 Å². The molecule has 0 saturated heterocycles. The Labute approximate surface area is 110 Å². The van der Waals surface area contributed by atoms with Crippen LogP contribution >= 0.6 is 11.3 Å². The normalized spacial score (nSPS) is 10.1. The number of nitrogens with zero attached hydrogens (tertiary/aromatic N) is 1. The van der Waals surface area contributed by atoms with E-state index in [4.69, 9.17) is 15.2 Å². The minimum absolute atomic E-state index is 0.614. The SMILES string of the molecule is COc1cc(N)c(NCc2cscn2)cc1OC. The number of nitrogens with one attached hydrogen (secondary N) is 1. The molecule has 2 aromatic rings. The second kappa shape index (κ2) is 5.59. The first kappa shape index (κ1) is 12.5. The van der Waals surface area contributed by atoms with Crippen LogP contribution in [0.4, 0.5) is 11.4 Å². The molecule has 0 unspecified atom stereocenters. The van der Waals surface area contributed by atoms with Crippen LogP contribution in [0.3, 0.4) is 0 Å². The zero-order valence-electron chi connectivity index (χ0n) is 10.3. The number of hydrogen-bond donors (Lipinski definition) is 2. The highest BCUT2D eigenvalue weighted by Crippen LogP contribution is 2.34. The predicted molar refractivity (Wildman–Crippen MR) is 73.4 cm³/mol. The van der Waals surface area contributed by atoms with Gasteiger partial charge in [0.25, 0.3) is 0 Å². The van der Waals surface area contributed by atoms with Gasteiger partial charge in [-0.15, -0.1) is 11.3 Å². The lowest BCUT2D eigenvalue weighted by Crippen LogP contribution is -2.04. The molecule has 0 spiro atoms. The van der Waals surface area contributed by atoms with Gasteiger partial charge in [-0.25, -0.2) is 4.98 Å². The molecule has 18 heavy (non-hydrogen) atoms. The molecule has 96 valence electrons. The van der Waals surface area contributed by atoms with Crippen molar-refractivity contribution >= 4 is 22.7 Å². The fourth-order valence-electron chi connectivity index (χ4n) is 1.56. The minimum Gasteiger partial charge on any atom is -0.493 e. The number of ether oxygens (including phenoxy) is 2. The number of aromatic nitrogens is 1. The van der Waals surface area contributed by atoms with Crippen LogP contribution in [-0.4, -0.2) is 19.2 Å². The maximum Gasteiger partial charge on any atom is 0.162 e. The summed E-state index contributed by atoms with van der Waals surface area (Å²) in [5.41, 5.74) is 10.1. The van der Waals surface area contributed by atoms with Crippen LogP contribution in [0.2, 0.25) is 0 Å². The third kappa shape index (κ3) is 2.65. The van der Waals surface area contributed by atoms with E-state index in [-0.39, 0.29) is 0 Å². The molecule has 0 saturated carbocycles. The fraction of sp³-hybridized carbons (Fsp3) is 0.250. The van der Waals surface area contributed by atoms with Crippen molar-refractivity contribution < 1.29 is 9.47 Å². The molecule has 0 radical (unpaired) electrons. The molecule has 1 aromatic carbocycles. The number of methoxy groups -OCH3 is 2. The third-order valence-corrected chi connectivity index (χ3v) is 3.13. The highest BCUT2D eigenvalue weighted by atomic mass is 32.1. The Hall–Kier alpha value is -1.95. The summed E-state index contributed by atoms with van der Waals surface area (Å²) < 4.78 is 10.4. The van der Waals surface area contributed by atoms with Gasteiger partial charge in [-0.05, 0) is 0 Å². The first-order valence-electron chi connectivity index (χ1n) is 5.37. The summed E-state index contributed by atoms with van der Waals surface area (Å²) in [5, 5.41) is 5.21. The molecule has 0 fully saturated rings. The van der Waals surface area contributed by atoms with Crippen LogP contribution in [-0.2, 0) is 6.54 Å². The second-order valence-electron chi connectivity index (χ2n) is 3.63. The number of hydrogen-bond acceptors (Lipinski definition) is 6. The number of nitrogens with two attached hydrogens (primary N) is 1. The van der Waals surface area contributed by atoms with Crippen molar-refractivity contribution in [1.82, 2.24) is 4.98 Å². The van der Waals surface area contributed by atoms with Gasteiger partial charge in [-0.2, -0.15) is 0 Å². The van der Waals surface area contributed by atoms with Crippen LogP contribution < -0.4 is 20.5 Å². The Balaban J connectivity index is 2.17. The van der Waals surface area contributed by atoms with Crippen molar-refractivity contribution in [2.24, 2.45) is 0 Å². The highest BCUT2D eigenvalue weighted by molar-refractivity contribution is 7.07. The van der Waals surface area contributed by atoms with E-state index >= 15 is 0 Å². The van der Waals surface area contributed by atoms with Crippen LogP contribution in [0.25, 0.3) is 0 Å². The molecule has 6 heteroatoms. The van der Waals surface area contributed by atoms with Gasteiger partial charge in [0.15, 0.2) is 11.5 Å². The first-order valence-corrected chi connectivity index (χ1v) is 6.31. The topological polar surface area (TPSA) is 69.4 Å². The zero-order chi connectivity index (χ0) is 13.0.